The van der Waals surface area contributed by atoms with Crippen molar-refractivity contribution in [2.45, 2.75) is 111 Å². The van der Waals surface area contributed by atoms with Crippen molar-refractivity contribution in [3.63, 3.8) is 0 Å². The lowest BCUT2D eigenvalue weighted by Crippen LogP contribution is -2.57. The molecule has 2 unspecified atom stereocenters. The Bertz CT molecular complexity index is 673. The van der Waals surface area contributed by atoms with Crippen molar-refractivity contribution in [1.82, 2.24) is 0 Å². The standard InChI is InChI=1S/C29H50O3/c1-18(2)21(27(31)32-6)12-10-19(3)23-14-15-24-22-13-11-20-8-7-9-26(30)29(20,5)25(22)16-17-28(23,24)4/h18-26,30H,7-17H2,1-6H3/t19-,20+,21?,22+,23-,24+,25+,26?,28-,29+/m1/s1. The number of hydrogen-bond acceptors (Lipinski definition) is 3. The maximum Gasteiger partial charge on any atom is 0.308 e. The molecule has 3 heteroatoms. The second kappa shape index (κ2) is 9.23. The van der Waals surface area contributed by atoms with Gasteiger partial charge in [0.15, 0.2) is 0 Å². The zero-order valence-electron chi connectivity index (χ0n) is 21.7. The molecule has 0 saturated heterocycles. The van der Waals surface area contributed by atoms with E-state index < -0.39 is 0 Å². The summed E-state index contributed by atoms with van der Waals surface area (Å²) in [6.07, 6.45) is 13.8. The predicted molar refractivity (Wildman–Crippen MR) is 130 cm³/mol. The molecule has 184 valence electrons. The number of ether oxygens (including phenoxy) is 1. The third-order valence-corrected chi connectivity index (χ3v) is 11.7. The minimum Gasteiger partial charge on any atom is -0.469 e. The highest BCUT2D eigenvalue weighted by Crippen LogP contribution is 2.68. The van der Waals surface area contributed by atoms with Gasteiger partial charge in [0.2, 0.25) is 0 Å². The summed E-state index contributed by atoms with van der Waals surface area (Å²) in [6.45, 7) is 11.8. The second-order valence-corrected chi connectivity index (χ2v) is 13.1. The number of esters is 1. The summed E-state index contributed by atoms with van der Waals surface area (Å²) in [5.41, 5.74) is 0.610. The molecule has 10 atom stereocenters. The van der Waals surface area contributed by atoms with Gasteiger partial charge in [-0.25, -0.2) is 0 Å². The van der Waals surface area contributed by atoms with Crippen LogP contribution in [0.15, 0.2) is 0 Å². The van der Waals surface area contributed by atoms with Gasteiger partial charge in [-0.3, -0.25) is 4.79 Å². The average Bonchev–Trinajstić information content (AvgIpc) is 3.11. The van der Waals surface area contributed by atoms with Crippen LogP contribution < -0.4 is 0 Å². The minimum atomic E-state index is -0.0826. The molecule has 32 heavy (non-hydrogen) atoms. The van der Waals surface area contributed by atoms with Crippen LogP contribution in [0.1, 0.15) is 105 Å². The van der Waals surface area contributed by atoms with Gasteiger partial charge in [-0.1, -0.05) is 41.0 Å². The van der Waals surface area contributed by atoms with Crippen molar-refractivity contribution in [3.05, 3.63) is 0 Å². The summed E-state index contributed by atoms with van der Waals surface area (Å²) in [5, 5.41) is 11.1. The van der Waals surface area contributed by atoms with Gasteiger partial charge in [0, 0.05) is 0 Å². The molecule has 1 N–H and O–H groups in total. The van der Waals surface area contributed by atoms with Gasteiger partial charge < -0.3 is 9.84 Å². The predicted octanol–water partition coefficient (Wildman–Crippen LogP) is 6.87. The molecule has 0 heterocycles. The Morgan fingerprint density at radius 3 is 2.41 bits per heavy atom. The Labute approximate surface area is 197 Å². The molecule has 0 bridgehead atoms. The molecule has 4 saturated carbocycles. The molecule has 4 rings (SSSR count). The smallest absolute Gasteiger partial charge is 0.308 e. The third-order valence-electron chi connectivity index (χ3n) is 11.7. The van der Waals surface area contributed by atoms with Crippen LogP contribution in [0.2, 0.25) is 0 Å². The van der Waals surface area contributed by atoms with Crippen LogP contribution in [-0.2, 0) is 9.53 Å². The summed E-state index contributed by atoms with van der Waals surface area (Å²) in [6, 6.07) is 0. The van der Waals surface area contributed by atoms with Gasteiger partial charge in [0.1, 0.15) is 0 Å². The number of carbonyl (C=O) groups excluding carboxylic acids is 1. The Hall–Kier alpha value is -0.570. The van der Waals surface area contributed by atoms with E-state index in [1.54, 1.807) is 0 Å². The molecule has 4 fully saturated rings. The number of aliphatic hydroxyl groups excluding tert-OH is 1. The monoisotopic (exact) mass is 446 g/mol. The largest absolute Gasteiger partial charge is 0.469 e. The van der Waals surface area contributed by atoms with Gasteiger partial charge >= 0.3 is 5.97 Å². The topological polar surface area (TPSA) is 46.5 Å². The van der Waals surface area contributed by atoms with Crippen LogP contribution in [0.3, 0.4) is 0 Å². The highest BCUT2D eigenvalue weighted by atomic mass is 16.5. The van der Waals surface area contributed by atoms with Gasteiger partial charge in [-0.2, -0.15) is 0 Å². The van der Waals surface area contributed by atoms with E-state index in [9.17, 15) is 9.90 Å². The first-order chi connectivity index (χ1) is 15.1. The van der Waals surface area contributed by atoms with Gasteiger partial charge in [0.05, 0.1) is 19.1 Å². The first-order valence-corrected chi connectivity index (χ1v) is 13.9. The van der Waals surface area contributed by atoms with E-state index >= 15 is 0 Å². The molecule has 4 aliphatic carbocycles. The number of carbonyl (C=O) groups is 1. The van der Waals surface area contributed by atoms with Crippen LogP contribution >= 0.6 is 0 Å². The molecule has 0 radical (unpaired) electrons. The highest BCUT2D eigenvalue weighted by Gasteiger charge is 2.61. The zero-order chi connectivity index (χ0) is 23.3. The number of aliphatic hydroxyl groups is 1. The molecule has 0 aromatic carbocycles. The van der Waals surface area contributed by atoms with Crippen LogP contribution in [0, 0.1) is 58.2 Å². The van der Waals surface area contributed by atoms with E-state index in [2.05, 4.69) is 34.6 Å². The van der Waals surface area contributed by atoms with Crippen molar-refractivity contribution in [1.29, 1.82) is 0 Å². The summed E-state index contributed by atoms with van der Waals surface area (Å²) in [5.74, 6) is 4.92. The van der Waals surface area contributed by atoms with Crippen LogP contribution in [0.4, 0.5) is 0 Å². The summed E-state index contributed by atoms with van der Waals surface area (Å²) in [4.78, 5) is 12.3. The lowest BCUT2D eigenvalue weighted by Gasteiger charge is -2.62. The Kier molecular flexibility index (Phi) is 7.08. The van der Waals surface area contributed by atoms with Crippen molar-refractivity contribution < 1.29 is 14.6 Å². The molecule has 0 spiro atoms. The summed E-state index contributed by atoms with van der Waals surface area (Å²) < 4.78 is 5.10. The summed E-state index contributed by atoms with van der Waals surface area (Å²) in [7, 11) is 1.53. The molecule has 4 aliphatic rings. The van der Waals surface area contributed by atoms with E-state index in [0.29, 0.717) is 17.3 Å². The van der Waals surface area contributed by atoms with E-state index in [0.717, 1.165) is 48.9 Å². The molecular weight excluding hydrogens is 396 g/mol. The van der Waals surface area contributed by atoms with Gasteiger partial charge in [-0.15, -0.1) is 0 Å². The first kappa shape index (κ1) is 24.6. The molecule has 0 amide bonds. The molecule has 3 nitrogen and oxygen atoms in total. The van der Waals surface area contributed by atoms with Gasteiger partial charge in [0.25, 0.3) is 0 Å². The van der Waals surface area contributed by atoms with E-state index in [4.69, 9.17) is 4.74 Å². The lowest BCUT2D eigenvalue weighted by molar-refractivity contribution is -0.164. The fourth-order valence-corrected chi connectivity index (χ4v) is 9.81. The third kappa shape index (κ3) is 3.87. The maximum absolute atomic E-state index is 12.3. The summed E-state index contributed by atoms with van der Waals surface area (Å²) >= 11 is 0. The lowest BCUT2D eigenvalue weighted by atomic mass is 9.44. The Morgan fingerprint density at radius 2 is 1.72 bits per heavy atom. The second-order valence-electron chi connectivity index (χ2n) is 13.1. The van der Waals surface area contributed by atoms with Crippen molar-refractivity contribution in [3.8, 4) is 0 Å². The molecule has 0 aromatic rings. The molecular formula is C29H50O3. The average molecular weight is 447 g/mol. The minimum absolute atomic E-state index is 0.0285. The van der Waals surface area contributed by atoms with Crippen molar-refractivity contribution in [2.24, 2.45) is 58.2 Å². The van der Waals surface area contributed by atoms with Crippen LogP contribution in [0.5, 0.6) is 0 Å². The number of rotatable bonds is 6. The normalized spacial score (nSPS) is 45.5. The number of hydrogen-bond donors (Lipinski definition) is 1. The number of fused-ring (bicyclic) bond motifs is 5. The SMILES string of the molecule is COC(=O)C(CC[C@@H](C)[C@H]1CC[C@H]2[C@@H]3CC[C@@H]4CCCC(O)[C@]4(C)[C@H]3CC[C@]12C)C(C)C. The maximum atomic E-state index is 12.3. The van der Waals surface area contributed by atoms with E-state index in [-0.39, 0.29) is 23.4 Å². The number of methoxy groups -OCH3 is 1. The highest BCUT2D eigenvalue weighted by molar-refractivity contribution is 5.72. The van der Waals surface area contributed by atoms with Crippen molar-refractivity contribution in [2.75, 3.05) is 7.11 Å². The van der Waals surface area contributed by atoms with Gasteiger partial charge in [-0.05, 0) is 116 Å². The van der Waals surface area contributed by atoms with Crippen LogP contribution in [-0.4, -0.2) is 24.3 Å². The fraction of sp³-hybridized carbons (Fsp3) is 0.966. The quantitative estimate of drug-likeness (QED) is 0.453. The Morgan fingerprint density at radius 1 is 0.969 bits per heavy atom. The Balaban J connectivity index is 1.46. The molecule has 0 aliphatic heterocycles. The molecule has 0 aromatic heterocycles. The first-order valence-electron chi connectivity index (χ1n) is 13.9. The van der Waals surface area contributed by atoms with E-state index in [1.165, 1.54) is 58.5 Å². The van der Waals surface area contributed by atoms with Crippen molar-refractivity contribution >= 4 is 5.97 Å². The van der Waals surface area contributed by atoms with E-state index in [1.807, 2.05) is 0 Å². The zero-order valence-corrected chi connectivity index (χ0v) is 21.7. The fourth-order valence-electron chi connectivity index (χ4n) is 9.81. The van der Waals surface area contributed by atoms with Crippen LogP contribution in [0.25, 0.3) is 0 Å².